The summed E-state index contributed by atoms with van der Waals surface area (Å²) >= 11 is 0. The van der Waals surface area contributed by atoms with Crippen molar-refractivity contribution in [1.29, 1.82) is 5.26 Å². The van der Waals surface area contributed by atoms with Gasteiger partial charge in [0, 0.05) is 29.2 Å². The van der Waals surface area contributed by atoms with Crippen LogP contribution in [0.3, 0.4) is 0 Å². The number of halogens is 1. The monoisotopic (exact) mass is 483 g/mol. The first-order chi connectivity index (χ1) is 17.6. The van der Waals surface area contributed by atoms with Crippen LogP contribution in [0.5, 0.6) is 17.2 Å². The maximum absolute atomic E-state index is 13.8. The quantitative estimate of drug-likeness (QED) is 0.287. The average molecular weight is 483 g/mol. The van der Waals surface area contributed by atoms with Crippen molar-refractivity contribution in [1.82, 2.24) is 9.88 Å². The predicted molar refractivity (Wildman–Crippen MR) is 132 cm³/mol. The minimum atomic E-state index is -0.477. The molecule has 0 radical (unpaired) electrons. The van der Waals surface area contributed by atoms with Crippen LogP contribution in [0.2, 0.25) is 0 Å². The third kappa shape index (κ3) is 4.86. The van der Waals surface area contributed by atoms with Gasteiger partial charge >= 0.3 is 0 Å². The van der Waals surface area contributed by atoms with Gasteiger partial charge in [0.2, 0.25) is 6.79 Å². The molecule has 5 rings (SSSR count). The van der Waals surface area contributed by atoms with Crippen molar-refractivity contribution < 1.29 is 23.4 Å². The zero-order valence-electron chi connectivity index (χ0n) is 19.2. The van der Waals surface area contributed by atoms with Crippen molar-refractivity contribution in [3.05, 3.63) is 95.4 Å². The largest absolute Gasteiger partial charge is 0.489 e. The molecular formula is C28H22FN3O4. The number of carbonyl (C=O) groups is 1. The van der Waals surface area contributed by atoms with Crippen LogP contribution in [0.4, 0.5) is 4.39 Å². The molecule has 8 heteroatoms. The second kappa shape index (κ2) is 10.2. The standard InChI is InChI=1S/C28H22FN3O4/c29-23-6-2-4-8-25(23)34-12-11-32-17-21(22-5-1-3-7-24(22)32)14-20(15-30)28(33)31-16-19-9-10-26-27(13-19)36-18-35-26/h1-10,13-14,17H,11-12,16,18H2,(H,31,33)/b20-14+. The van der Waals surface area contributed by atoms with E-state index in [1.807, 2.05) is 47.2 Å². The van der Waals surface area contributed by atoms with Crippen molar-refractivity contribution in [2.45, 2.75) is 13.1 Å². The molecule has 180 valence electrons. The Hall–Kier alpha value is -4.77. The van der Waals surface area contributed by atoms with E-state index in [2.05, 4.69) is 5.32 Å². The lowest BCUT2D eigenvalue weighted by Gasteiger charge is -2.08. The molecule has 1 aromatic heterocycles. The smallest absolute Gasteiger partial charge is 0.262 e. The molecule has 7 nitrogen and oxygen atoms in total. The first-order valence-electron chi connectivity index (χ1n) is 11.4. The fraction of sp³-hybridized carbons (Fsp3) is 0.143. The fourth-order valence-corrected chi connectivity index (χ4v) is 4.02. The summed E-state index contributed by atoms with van der Waals surface area (Å²) < 4.78 is 32.1. The van der Waals surface area contributed by atoms with E-state index in [4.69, 9.17) is 14.2 Å². The number of nitrogens with one attached hydrogen (secondary N) is 1. The Morgan fingerprint density at radius 1 is 1.11 bits per heavy atom. The summed E-state index contributed by atoms with van der Waals surface area (Å²) in [6, 6.07) is 21.4. The van der Waals surface area contributed by atoms with E-state index in [1.54, 1.807) is 36.4 Å². The zero-order chi connectivity index (χ0) is 24.9. The van der Waals surface area contributed by atoms with Crippen molar-refractivity contribution in [2.24, 2.45) is 0 Å². The number of aromatic nitrogens is 1. The highest BCUT2D eigenvalue weighted by Crippen LogP contribution is 2.32. The molecular weight excluding hydrogens is 461 g/mol. The normalized spacial score (nSPS) is 12.4. The second-order valence-electron chi connectivity index (χ2n) is 8.11. The Morgan fingerprint density at radius 3 is 2.78 bits per heavy atom. The number of nitrogens with zero attached hydrogens (tertiary/aromatic N) is 2. The lowest BCUT2D eigenvalue weighted by atomic mass is 10.1. The molecule has 1 amide bonds. The number of amides is 1. The second-order valence-corrected chi connectivity index (χ2v) is 8.11. The van der Waals surface area contributed by atoms with E-state index in [0.29, 0.717) is 18.0 Å². The van der Waals surface area contributed by atoms with Crippen molar-refractivity contribution in [3.8, 4) is 23.3 Å². The molecule has 4 aromatic rings. The molecule has 1 aliphatic heterocycles. The average Bonchev–Trinajstić information content (AvgIpc) is 3.51. The Kier molecular flexibility index (Phi) is 6.54. The van der Waals surface area contributed by atoms with Crippen molar-refractivity contribution in [2.75, 3.05) is 13.4 Å². The number of carbonyl (C=O) groups excluding carboxylic acids is 1. The van der Waals surface area contributed by atoms with Gasteiger partial charge in [-0.2, -0.15) is 5.26 Å². The number of ether oxygens (including phenoxy) is 3. The summed E-state index contributed by atoms with van der Waals surface area (Å²) in [4.78, 5) is 12.8. The lowest BCUT2D eigenvalue weighted by Crippen LogP contribution is -2.23. The lowest BCUT2D eigenvalue weighted by molar-refractivity contribution is -0.117. The predicted octanol–water partition coefficient (Wildman–Crippen LogP) is 4.81. The molecule has 0 fully saturated rings. The van der Waals surface area contributed by atoms with E-state index in [9.17, 15) is 14.4 Å². The Morgan fingerprint density at radius 2 is 1.92 bits per heavy atom. The summed E-state index contributed by atoms with van der Waals surface area (Å²) in [5, 5.41) is 13.4. The zero-order valence-corrected chi connectivity index (χ0v) is 19.2. The number of hydrogen-bond donors (Lipinski definition) is 1. The summed E-state index contributed by atoms with van der Waals surface area (Å²) in [5.74, 6) is 0.599. The first-order valence-corrected chi connectivity index (χ1v) is 11.4. The SMILES string of the molecule is N#C/C(=C\c1cn(CCOc2ccccc2F)c2ccccc12)C(=O)NCc1ccc2c(c1)OCO2. The molecule has 3 aromatic carbocycles. The van der Waals surface area contributed by atoms with Gasteiger partial charge in [-0.25, -0.2) is 4.39 Å². The molecule has 0 atom stereocenters. The fourth-order valence-electron chi connectivity index (χ4n) is 4.02. The number of benzene rings is 3. The van der Waals surface area contributed by atoms with Crippen LogP contribution in [0.1, 0.15) is 11.1 Å². The van der Waals surface area contributed by atoms with Crippen LogP contribution < -0.4 is 19.5 Å². The van der Waals surface area contributed by atoms with Gasteiger partial charge in [0.15, 0.2) is 23.1 Å². The highest BCUT2D eigenvalue weighted by atomic mass is 19.1. The van der Waals surface area contributed by atoms with Crippen LogP contribution in [0, 0.1) is 17.1 Å². The van der Waals surface area contributed by atoms with Crippen LogP contribution in [-0.2, 0) is 17.9 Å². The Bertz CT molecular complexity index is 1500. The summed E-state index contributed by atoms with van der Waals surface area (Å²) in [5.41, 5.74) is 2.46. The van der Waals surface area contributed by atoms with Gasteiger partial charge in [-0.15, -0.1) is 0 Å². The van der Waals surface area contributed by atoms with E-state index in [1.165, 1.54) is 6.07 Å². The number of para-hydroxylation sites is 2. The van der Waals surface area contributed by atoms with Gasteiger partial charge in [0.25, 0.3) is 5.91 Å². The van der Waals surface area contributed by atoms with Crippen molar-refractivity contribution in [3.63, 3.8) is 0 Å². The van der Waals surface area contributed by atoms with Crippen LogP contribution in [0.25, 0.3) is 17.0 Å². The molecule has 0 saturated carbocycles. The highest BCUT2D eigenvalue weighted by Gasteiger charge is 2.15. The maximum Gasteiger partial charge on any atom is 0.262 e. The topological polar surface area (TPSA) is 85.5 Å². The van der Waals surface area contributed by atoms with Gasteiger partial charge in [0.1, 0.15) is 18.2 Å². The minimum Gasteiger partial charge on any atom is -0.489 e. The number of fused-ring (bicyclic) bond motifs is 2. The van der Waals surface area contributed by atoms with Crippen LogP contribution in [-0.4, -0.2) is 23.9 Å². The highest BCUT2D eigenvalue weighted by molar-refractivity contribution is 6.04. The number of nitriles is 1. The van der Waals surface area contributed by atoms with Gasteiger partial charge in [-0.3, -0.25) is 4.79 Å². The third-order valence-corrected chi connectivity index (χ3v) is 5.80. The molecule has 0 bridgehead atoms. The van der Waals surface area contributed by atoms with Gasteiger partial charge in [0.05, 0.1) is 6.54 Å². The van der Waals surface area contributed by atoms with E-state index in [-0.39, 0.29) is 31.3 Å². The molecule has 0 saturated heterocycles. The van der Waals surface area contributed by atoms with Gasteiger partial charge in [-0.1, -0.05) is 36.4 Å². The molecule has 1 N–H and O–H groups in total. The van der Waals surface area contributed by atoms with Crippen LogP contribution in [0.15, 0.2) is 78.5 Å². The van der Waals surface area contributed by atoms with Crippen molar-refractivity contribution >= 4 is 22.9 Å². The molecule has 0 aliphatic carbocycles. The summed E-state index contributed by atoms with van der Waals surface area (Å²) in [6.45, 7) is 1.13. The third-order valence-electron chi connectivity index (χ3n) is 5.80. The van der Waals surface area contributed by atoms with Crippen LogP contribution >= 0.6 is 0 Å². The molecule has 36 heavy (non-hydrogen) atoms. The molecule has 0 spiro atoms. The molecule has 0 unspecified atom stereocenters. The number of rotatable bonds is 8. The van der Waals surface area contributed by atoms with E-state index < -0.39 is 11.7 Å². The molecule has 2 heterocycles. The van der Waals surface area contributed by atoms with Gasteiger partial charge < -0.3 is 24.1 Å². The van der Waals surface area contributed by atoms with Gasteiger partial charge in [-0.05, 0) is 42.0 Å². The summed E-state index contributed by atoms with van der Waals surface area (Å²) in [7, 11) is 0. The molecule has 1 aliphatic rings. The Balaban J connectivity index is 1.31. The summed E-state index contributed by atoms with van der Waals surface area (Å²) in [6.07, 6.45) is 3.43. The van der Waals surface area contributed by atoms with E-state index in [0.717, 1.165) is 22.0 Å². The maximum atomic E-state index is 13.8. The number of hydrogen-bond acceptors (Lipinski definition) is 5. The Labute approximate surface area is 206 Å². The minimum absolute atomic E-state index is 0.0127. The first kappa shape index (κ1) is 23.0. The van der Waals surface area contributed by atoms with E-state index >= 15 is 0 Å².